The molecule has 6 nitrogen and oxygen atoms in total. The first-order chi connectivity index (χ1) is 10.0. The van der Waals surface area contributed by atoms with Gasteiger partial charge in [-0.05, 0) is 62.5 Å². The van der Waals surface area contributed by atoms with E-state index in [1.807, 2.05) is 13.1 Å². The van der Waals surface area contributed by atoms with Crippen molar-refractivity contribution in [3.05, 3.63) is 34.9 Å². The smallest absolute Gasteiger partial charge is 0.249 e. The molecule has 1 unspecified atom stereocenters. The Morgan fingerprint density at radius 1 is 1.38 bits per heavy atom. The first kappa shape index (κ1) is 15.5. The van der Waals surface area contributed by atoms with Crippen LogP contribution in [0.3, 0.4) is 0 Å². The van der Waals surface area contributed by atoms with Gasteiger partial charge in [-0.2, -0.15) is 0 Å². The number of hydroxylamine groups is 1. The molecule has 6 heteroatoms. The fourth-order valence-corrected chi connectivity index (χ4v) is 3.01. The van der Waals surface area contributed by atoms with Gasteiger partial charge in [0.1, 0.15) is 0 Å². The molecule has 0 heterocycles. The van der Waals surface area contributed by atoms with Crippen LogP contribution in [0.4, 0.5) is 0 Å². The molecule has 0 fully saturated rings. The maximum atomic E-state index is 12.1. The van der Waals surface area contributed by atoms with E-state index in [0.29, 0.717) is 37.8 Å². The Labute approximate surface area is 123 Å². The van der Waals surface area contributed by atoms with E-state index in [0.717, 1.165) is 11.1 Å². The van der Waals surface area contributed by atoms with Crippen molar-refractivity contribution in [2.45, 2.75) is 25.7 Å². The lowest BCUT2D eigenvalue weighted by Crippen LogP contribution is -2.45. The van der Waals surface area contributed by atoms with E-state index in [1.165, 1.54) is 0 Å². The highest BCUT2D eigenvalue weighted by molar-refractivity contribution is 5.93. The molecule has 1 aliphatic carbocycles. The van der Waals surface area contributed by atoms with E-state index in [9.17, 15) is 9.59 Å². The summed E-state index contributed by atoms with van der Waals surface area (Å²) in [7, 11) is 1.83. The van der Waals surface area contributed by atoms with Gasteiger partial charge in [0.05, 0.1) is 5.41 Å². The second-order valence-electron chi connectivity index (χ2n) is 5.60. The van der Waals surface area contributed by atoms with Crippen LogP contribution in [-0.4, -0.2) is 30.6 Å². The predicted octanol–water partition coefficient (Wildman–Crippen LogP) is 0.376. The van der Waals surface area contributed by atoms with Crippen molar-refractivity contribution >= 4 is 11.8 Å². The number of nitrogens with one attached hydrogen (secondary N) is 2. The Kier molecular flexibility index (Phi) is 4.59. The molecule has 2 amide bonds. The Morgan fingerprint density at radius 3 is 2.76 bits per heavy atom. The summed E-state index contributed by atoms with van der Waals surface area (Å²) in [6.45, 7) is 0.697. The first-order valence-corrected chi connectivity index (χ1v) is 7.03. The van der Waals surface area contributed by atoms with Crippen LogP contribution < -0.4 is 16.5 Å². The Balaban J connectivity index is 2.30. The number of carbonyl (C=O) groups excluding carboxylic acids is 2. The Bertz CT molecular complexity index is 559. The fourth-order valence-electron chi connectivity index (χ4n) is 3.01. The van der Waals surface area contributed by atoms with Crippen LogP contribution >= 0.6 is 0 Å². The first-order valence-electron chi connectivity index (χ1n) is 7.03. The maximum absolute atomic E-state index is 12.1. The van der Waals surface area contributed by atoms with Gasteiger partial charge in [-0.1, -0.05) is 6.07 Å². The van der Waals surface area contributed by atoms with E-state index in [-0.39, 0.29) is 5.91 Å². The summed E-state index contributed by atoms with van der Waals surface area (Å²) in [4.78, 5) is 23.3. The van der Waals surface area contributed by atoms with Crippen molar-refractivity contribution < 1.29 is 14.8 Å². The molecule has 0 saturated carbocycles. The van der Waals surface area contributed by atoms with Crippen LogP contribution in [0, 0.1) is 5.41 Å². The van der Waals surface area contributed by atoms with Gasteiger partial charge < -0.3 is 11.1 Å². The third-order valence-electron chi connectivity index (χ3n) is 4.33. The normalized spacial score (nSPS) is 20.7. The molecule has 2 rings (SSSR count). The third kappa shape index (κ3) is 3.06. The lowest BCUT2D eigenvalue weighted by Gasteiger charge is -2.36. The zero-order chi connectivity index (χ0) is 15.5. The van der Waals surface area contributed by atoms with Crippen molar-refractivity contribution in [2.24, 2.45) is 11.1 Å². The summed E-state index contributed by atoms with van der Waals surface area (Å²) in [6, 6.07) is 5.34. The maximum Gasteiger partial charge on any atom is 0.249 e. The van der Waals surface area contributed by atoms with Gasteiger partial charge in [-0.15, -0.1) is 0 Å². The minimum absolute atomic E-state index is 0.345. The van der Waals surface area contributed by atoms with Gasteiger partial charge >= 0.3 is 0 Å². The summed E-state index contributed by atoms with van der Waals surface area (Å²) in [5, 5.41) is 12.1. The summed E-state index contributed by atoms with van der Waals surface area (Å²) in [6.07, 6.45) is 2.52. The average molecular weight is 291 g/mol. The van der Waals surface area contributed by atoms with Crippen molar-refractivity contribution in [3.63, 3.8) is 0 Å². The van der Waals surface area contributed by atoms with E-state index >= 15 is 0 Å². The molecule has 5 N–H and O–H groups in total. The number of amides is 2. The van der Waals surface area contributed by atoms with Crippen molar-refractivity contribution in [2.75, 3.05) is 13.6 Å². The average Bonchev–Trinajstić information content (AvgIpc) is 2.51. The molecule has 21 heavy (non-hydrogen) atoms. The number of aryl methyl sites for hydroxylation is 1. The van der Waals surface area contributed by atoms with Crippen LogP contribution in [0.1, 0.15) is 34.3 Å². The van der Waals surface area contributed by atoms with Gasteiger partial charge in [-0.25, -0.2) is 5.48 Å². The highest BCUT2D eigenvalue weighted by Gasteiger charge is 2.40. The van der Waals surface area contributed by atoms with Crippen LogP contribution in [0.15, 0.2) is 18.2 Å². The molecule has 1 atom stereocenters. The van der Waals surface area contributed by atoms with Gasteiger partial charge in [-0.3, -0.25) is 14.8 Å². The van der Waals surface area contributed by atoms with Crippen molar-refractivity contribution in [1.29, 1.82) is 0 Å². The standard InChI is InChI=1S/C15H21N3O3/c1-17-7-6-15(14(20)18-21)5-4-10-8-11(13(16)19)2-3-12(10)9-15/h2-3,8,17,21H,4-7,9H2,1H3,(H2,16,19)(H,18,20). The Morgan fingerprint density at radius 2 is 2.14 bits per heavy atom. The number of fused-ring (bicyclic) bond motifs is 1. The number of benzene rings is 1. The number of nitrogens with two attached hydrogens (primary N) is 1. The van der Waals surface area contributed by atoms with Crippen molar-refractivity contribution in [3.8, 4) is 0 Å². The van der Waals surface area contributed by atoms with Gasteiger partial charge in [0.2, 0.25) is 11.8 Å². The highest BCUT2D eigenvalue weighted by atomic mass is 16.5. The second kappa shape index (κ2) is 6.24. The second-order valence-corrected chi connectivity index (χ2v) is 5.60. The number of carbonyl (C=O) groups is 2. The van der Waals surface area contributed by atoms with Crippen LogP contribution in [0.5, 0.6) is 0 Å². The summed E-state index contributed by atoms with van der Waals surface area (Å²) in [5.41, 5.74) is 9.06. The molecule has 0 aromatic heterocycles. The van der Waals surface area contributed by atoms with E-state index < -0.39 is 11.3 Å². The summed E-state index contributed by atoms with van der Waals surface area (Å²) in [5.74, 6) is -0.791. The lowest BCUT2D eigenvalue weighted by atomic mass is 9.69. The van der Waals surface area contributed by atoms with Crippen LogP contribution in [0.2, 0.25) is 0 Å². The molecular formula is C15H21N3O3. The quantitative estimate of drug-likeness (QED) is 0.465. The molecule has 0 aliphatic heterocycles. The molecule has 0 bridgehead atoms. The van der Waals surface area contributed by atoms with E-state index in [2.05, 4.69) is 5.32 Å². The summed E-state index contributed by atoms with van der Waals surface area (Å²) < 4.78 is 0. The third-order valence-corrected chi connectivity index (χ3v) is 4.33. The molecule has 1 aromatic carbocycles. The molecular weight excluding hydrogens is 270 g/mol. The molecule has 1 aromatic rings. The number of primary amides is 1. The number of rotatable bonds is 5. The zero-order valence-electron chi connectivity index (χ0n) is 12.1. The molecule has 114 valence electrons. The monoisotopic (exact) mass is 291 g/mol. The zero-order valence-corrected chi connectivity index (χ0v) is 12.1. The predicted molar refractivity (Wildman–Crippen MR) is 77.9 cm³/mol. The van der Waals surface area contributed by atoms with E-state index in [4.69, 9.17) is 10.9 Å². The lowest BCUT2D eigenvalue weighted by molar-refractivity contribution is -0.141. The van der Waals surface area contributed by atoms with Crippen molar-refractivity contribution in [1.82, 2.24) is 10.8 Å². The minimum atomic E-state index is -0.612. The summed E-state index contributed by atoms with van der Waals surface area (Å²) >= 11 is 0. The van der Waals surface area contributed by atoms with E-state index in [1.54, 1.807) is 17.6 Å². The SMILES string of the molecule is CNCCC1(C(=O)NO)CCc2cc(C(N)=O)ccc2C1. The fraction of sp³-hybridized carbons (Fsp3) is 0.467. The Hall–Kier alpha value is -1.92. The topological polar surface area (TPSA) is 104 Å². The number of hydrogen-bond donors (Lipinski definition) is 4. The van der Waals surface area contributed by atoms with Gasteiger partial charge in [0.15, 0.2) is 0 Å². The molecule has 1 aliphatic rings. The van der Waals surface area contributed by atoms with Crippen LogP contribution in [-0.2, 0) is 17.6 Å². The highest BCUT2D eigenvalue weighted by Crippen LogP contribution is 2.38. The van der Waals surface area contributed by atoms with Crippen LogP contribution in [0.25, 0.3) is 0 Å². The van der Waals surface area contributed by atoms with Gasteiger partial charge in [0, 0.05) is 5.56 Å². The largest absolute Gasteiger partial charge is 0.366 e. The number of hydrogen-bond acceptors (Lipinski definition) is 4. The molecule has 0 saturated heterocycles. The molecule has 0 spiro atoms. The van der Waals surface area contributed by atoms with Gasteiger partial charge in [0.25, 0.3) is 0 Å². The minimum Gasteiger partial charge on any atom is -0.366 e. The molecule has 0 radical (unpaired) electrons.